The Bertz CT molecular complexity index is 477. The topological polar surface area (TPSA) is 55.4 Å². The Balaban J connectivity index is 1.96. The standard InChI is InChI=1S/C13H13NO3/c1-9-11(7-8-12(9)15)14-17-13(16)10-5-3-2-4-6-10/h2-6,14H,7-8H2,1H3. The van der Waals surface area contributed by atoms with Crippen LogP contribution < -0.4 is 5.48 Å². The fourth-order valence-electron chi connectivity index (χ4n) is 1.65. The zero-order chi connectivity index (χ0) is 12.3. The molecule has 0 fully saturated rings. The lowest BCUT2D eigenvalue weighted by Crippen LogP contribution is -2.19. The van der Waals surface area contributed by atoms with Gasteiger partial charge < -0.3 is 4.84 Å². The molecule has 0 aromatic heterocycles. The van der Waals surface area contributed by atoms with E-state index in [0.29, 0.717) is 29.7 Å². The molecular formula is C13H13NO3. The molecule has 1 aromatic rings. The highest BCUT2D eigenvalue weighted by Gasteiger charge is 2.20. The number of benzene rings is 1. The van der Waals surface area contributed by atoms with Crippen molar-refractivity contribution in [3.8, 4) is 0 Å². The summed E-state index contributed by atoms with van der Waals surface area (Å²) < 4.78 is 0. The van der Waals surface area contributed by atoms with Gasteiger partial charge >= 0.3 is 5.97 Å². The molecule has 0 amide bonds. The third kappa shape index (κ3) is 2.53. The van der Waals surface area contributed by atoms with Crippen molar-refractivity contribution >= 4 is 11.8 Å². The number of allylic oxidation sites excluding steroid dienone is 2. The summed E-state index contributed by atoms with van der Waals surface area (Å²) >= 11 is 0. The Morgan fingerprint density at radius 2 is 1.94 bits per heavy atom. The smallest absolute Gasteiger partial charge is 0.338 e. The van der Waals surface area contributed by atoms with Crippen LogP contribution in [0.1, 0.15) is 30.1 Å². The number of rotatable bonds is 3. The Labute approximate surface area is 99.2 Å². The van der Waals surface area contributed by atoms with Crippen LogP contribution in [0.15, 0.2) is 41.6 Å². The minimum absolute atomic E-state index is 0.100. The molecule has 4 nitrogen and oxygen atoms in total. The molecule has 1 N–H and O–H groups in total. The van der Waals surface area contributed by atoms with Gasteiger partial charge in [0.15, 0.2) is 5.78 Å². The Morgan fingerprint density at radius 1 is 1.24 bits per heavy atom. The number of hydrogen-bond acceptors (Lipinski definition) is 4. The first kappa shape index (κ1) is 11.4. The van der Waals surface area contributed by atoms with E-state index in [0.717, 1.165) is 0 Å². The third-order valence-electron chi connectivity index (χ3n) is 2.75. The van der Waals surface area contributed by atoms with Gasteiger partial charge in [-0.2, -0.15) is 0 Å². The molecule has 0 unspecified atom stereocenters. The van der Waals surface area contributed by atoms with Crippen LogP contribution >= 0.6 is 0 Å². The van der Waals surface area contributed by atoms with Gasteiger partial charge in [0.1, 0.15) is 0 Å². The van der Waals surface area contributed by atoms with Crippen LogP contribution in [0.2, 0.25) is 0 Å². The molecule has 2 rings (SSSR count). The van der Waals surface area contributed by atoms with Gasteiger partial charge in [0.05, 0.1) is 11.3 Å². The molecule has 17 heavy (non-hydrogen) atoms. The zero-order valence-electron chi connectivity index (χ0n) is 9.53. The van der Waals surface area contributed by atoms with Crippen LogP contribution in [-0.4, -0.2) is 11.8 Å². The summed E-state index contributed by atoms with van der Waals surface area (Å²) in [7, 11) is 0. The molecule has 88 valence electrons. The lowest BCUT2D eigenvalue weighted by atomic mass is 10.2. The van der Waals surface area contributed by atoms with E-state index in [2.05, 4.69) is 5.48 Å². The molecule has 1 aliphatic carbocycles. The lowest BCUT2D eigenvalue weighted by molar-refractivity contribution is -0.114. The Hall–Kier alpha value is -2.10. The summed E-state index contributed by atoms with van der Waals surface area (Å²) in [6.07, 6.45) is 1.09. The van der Waals surface area contributed by atoms with Crippen molar-refractivity contribution in [2.24, 2.45) is 0 Å². The SMILES string of the molecule is CC1=C(NOC(=O)c2ccccc2)CCC1=O. The van der Waals surface area contributed by atoms with E-state index in [1.807, 2.05) is 6.07 Å². The normalized spacial score (nSPS) is 15.0. The van der Waals surface area contributed by atoms with Gasteiger partial charge in [0, 0.05) is 12.0 Å². The quantitative estimate of drug-likeness (QED) is 0.808. The second-order valence-corrected chi connectivity index (χ2v) is 3.88. The monoisotopic (exact) mass is 231 g/mol. The van der Waals surface area contributed by atoms with Crippen LogP contribution in [0.25, 0.3) is 0 Å². The van der Waals surface area contributed by atoms with Gasteiger partial charge in [0.25, 0.3) is 0 Å². The van der Waals surface area contributed by atoms with E-state index in [1.54, 1.807) is 31.2 Å². The van der Waals surface area contributed by atoms with Crippen molar-refractivity contribution in [2.45, 2.75) is 19.8 Å². The van der Waals surface area contributed by atoms with E-state index in [-0.39, 0.29) is 5.78 Å². The summed E-state index contributed by atoms with van der Waals surface area (Å²) in [4.78, 5) is 27.8. The van der Waals surface area contributed by atoms with Crippen LogP contribution in [-0.2, 0) is 9.63 Å². The fourth-order valence-corrected chi connectivity index (χ4v) is 1.65. The van der Waals surface area contributed by atoms with Crippen molar-refractivity contribution in [3.63, 3.8) is 0 Å². The van der Waals surface area contributed by atoms with E-state index < -0.39 is 5.97 Å². The predicted molar refractivity (Wildman–Crippen MR) is 61.9 cm³/mol. The molecule has 0 bridgehead atoms. The number of hydroxylamine groups is 1. The number of hydrogen-bond donors (Lipinski definition) is 1. The molecule has 1 aromatic carbocycles. The van der Waals surface area contributed by atoms with Crippen LogP contribution in [0.5, 0.6) is 0 Å². The minimum atomic E-state index is -0.453. The highest BCUT2D eigenvalue weighted by Crippen LogP contribution is 2.19. The largest absolute Gasteiger partial charge is 0.362 e. The van der Waals surface area contributed by atoms with Gasteiger partial charge in [0.2, 0.25) is 0 Å². The first-order valence-corrected chi connectivity index (χ1v) is 5.43. The maximum Gasteiger partial charge on any atom is 0.362 e. The van der Waals surface area contributed by atoms with Gasteiger partial charge in [-0.15, -0.1) is 0 Å². The highest BCUT2D eigenvalue weighted by molar-refractivity contribution is 5.98. The van der Waals surface area contributed by atoms with Crippen molar-refractivity contribution in [3.05, 3.63) is 47.2 Å². The molecule has 0 saturated carbocycles. The van der Waals surface area contributed by atoms with Crippen LogP contribution in [0.3, 0.4) is 0 Å². The maximum absolute atomic E-state index is 11.6. The molecule has 4 heteroatoms. The van der Waals surface area contributed by atoms with Crippen molar-refractivity contribution in [1.29, 1.82) is 0 Å². The summed E-state index contributed by atoms with van der Waals surface area (Å²) in [5.74, 6) is -0.353. The second kappa shape index (κ2) is 4.82. The first-order valence-electron chi connectivity index (χ1n) is 5.43. The number of ketones is 1. The third-order valence-corrected chi connectivity index (χ3v) is 2.75. The van der Waals surface area contributed by atoms with E-state index >= 15 is 0 Å². The average molecular weight is 231 g/mol. The van der Waals surface area contributed by atoms with Gasteiger partial charge in [-0.1, -0.05) is 18.2 Å². The fraction of sp³-hybridized carbons (Fsp3) is 0.231. The average Bonchev–Trinajstić information content (AvgIpc) is 2.68. The number of carbonyl (C=O) groups is 2. The maximum atomic E-state index is 11.6. The summed E-state index contributed by atoms with van der Waals surface area (Å²) in [6, 6.07) is 8.70. The predicted octanol–water partition coefficient (Wildman–Crippen LogP) is 1.98. The van der Waals surface area contributed by atoms with E-state index in [4.69, 9.17) is 4.84 Å². The van der Waals surface area contributed by atoms with Crippen molar-refractivity contribution in [2.75, 3.05) is 0 Å². The summed E-state index contributed by atoms with van der Waals surface area (Å²) in [5.41, 5.74) is 4.38. The zero-order valence-corrected chi connectivity index (χ0v) is 9.53. The number of Topliss-reactive ketones (excluding diaryl/α,β-unsaturated/α-hetero) is 1. The molecular weight excluding hydrogens is 218 g/mol. The minimum Gasteiger partial charge on any atom is -0.338 e. The number of nitrogens with one attached hydrogen (secondary N) is 1. The Kier molecular flexibility index (Phi) is 3.23. The molecule has 1 aliphatic rings. The Morgan fingerprint density at radius 3 is 2.53 bits per heavy atom. The van der Waals surface area contributed by atoms with Crippen LogP contribution in [0.4, 0.5) is 0 Å². The molecule has 0 spiro atoms. The van der Waals surface area contributed by atoms with Crippen LogP contribution in [0, 0.1) is 0 Å². The molecule has 0 saturated heterocycles. The summed E-state index contributed by atoms with van der Waals surface area (Å²) in [5, 5.41) is 0. The lowest BCUT2D eigenvalue weighted by Gasteiger charge is -2.07. The highest BCUT2D eigenvalue weighted by atomic mass is 16.7. The van der Waals surface area contributed by atoms with E-state index in [9.17, 15) is 9.59 Å². The van der Waals surface area contributed by atoms with Gasteiger partial charge in [-0.3, -0.25) is 4.79 Å². The first-order chi connectivity index (χ1) is 8.18. The summed E-state index contributed by atoms with van der Waals surface area (Å²) in [6.45, 7) is 1.73. The van der Waals surface area contributed by atoms with E-state index in [1.165, 1.54) is 0 Å². The molecule has 0 radical (unpaired) electrons. The molecule has 0 aliphatic heterocycles. The van der Waals surface area contributed by atoms with Gasteiger partial charge in [-0.25, -0.2) is 10.3 Å². The van der Waals surface area contributed by atoms with Crippen molar-refractivity contribution < 1.29 is 14.4 Å². The molecule has 0 heterocycles. The number of carbonyl (C=O) groups excluding carboxylic acids is 2. The second-order valence-electron chi connectivity index (χ2n) is 3.88. The molecule has 0 atom stereocenters. The van der Waals surface area contributed by atoms with Crippen molar-refractivity contribution in [1.82, 2.24) is 5.48 Å². The van der Waals surface area contributed by atoms with Gasteiger partial charge in [-0.05, 0) is 25.5 Å².